The number of hydrogen-bond acceptors (Lipinski definition) is 2. The fourth-order valence-electron chi connectivity index (χ4n) is 0.616. The third-order valence-electron chi connectivity index (χ3n) is 0.944. The monoisotopic (exact) mass is 274 g/mol. The van der Waals surface area contributed by atoms with Crippen LogP contribution in [0.1, 0.15) is 13.8 Å². The van der Waals surface area contributed by atoms with Gasteiger partial charge in [0.1, 0.15) is 0 Å². The zero-order valence-corrected chi connectivity index (χ0v) is 11.2. The summed E-state index contributed by atoms with van der Waals surface area (Å²) in [6.07, 6.45) is 0. The zero-order valence-electron chi connectivity index (χ0n) is 7.56. The van der Waals surface area contributed by atoms with Gasteiger partial charge in [-0.15, -0.1) is 0 Å². The normalized spacial score (nSPS) is 10.8. The molecule has 0 amide bonds. The van der Waals surface area contributed by atoms with E-state index in [1.165, 1.54) is 0 Å². The van der Waals surface area contributed by atoms with Gasteiger partial charge in [0.25, 0.3) is 0 Å². The maximum absolute atomic E-state index is 5.92. The first kappa shape index (κ1) is 12.5. The van der Waals surface area contributed by atoms with Gasteiger partial charge in [0.2, 0.25) is 0 Å². The molecule has 0 atom stereocenters. The predicted octanol–water partition coefficient (Wildman–Crippen LogP) is 2.99. The van der Waals surface area contributed by atoms with Crippen molar-refractivity contribution in [3.63, 3.8) is 0 Å². The van der Waals surface area contributed by atoms with Crippen molar-refractivity contribution in [2.45, 2.75) is 19.6 Å². The van der Waals surface area contributed by atoms with Gasteiger partial charge in [0.15, 0.2) is 0 Å². The van der Waals surface area contributed by atoms with Crippen LogP contribution < -0.4 is 0 Å². The van der Waals surface area contributed by atoms with Gasteiger partial charge >= 0.3 is 84.6 Å². The third-order valence-corrected chi connectivity index (χ3v) is 3.64. The van der Waals surface area contributed by atoms with Crippen molar-refractivity contribution in [1.82, 2.24) is 0 Å². The molecule has 0 aromatic rings. The molecule has 0 fully saturated rings. The molecule has 0 aliphatic rings. The summed E-state index contributed by atoms with van der Waals surface area (Å²) >= 11 is -2.72. The Morgan fingerprint density at radius 3 is 1.92 bits per heavy atom. The quantitative estimate of drug-likeness (QED) is 0.566. The molecule has 0 N–H and O–H groups in total. The topological polar surface area (TPSA) is 18.5 Å². The molecular weight excluding hydrogens is 260 g/mol. The van der Waals surface area contributed by atoms with Crippen LogP contribution in [-0.4, -0.2) is 24.6 Å². The third kappa shape index (κ3) is 7.13. The molecule has 72 valence electrons. The predicted molar refractivity (Wildman–Crippen MR) is 54.7 cm³/mol. The fraction of sp³-hybridized carbons (Fsp3) is 0.714. The van der Waals surface area contributed by atoms with Crippen molar-refractivity contribution in [2.24, 2.45) is 0 Å². The first-order valence-electron chi connectivity index (χ1n) is 3.86. The molecule has 5 heteroatoms. The molecule has 0 aromatic carbocycles. The van der Waals surface area contributed by atoms with Crippen molar-refractivity contribution in [3.8, 4) is 0 Å². The van der Waals surface area contributed by atoms with E-state index in [2.05, 4.69) is 0 Å². The molecule has 0 unspecified atom stereocenters. The van der Waals surface area contributed by atoms with Crippen molar-refractivity contribution < 1.29 is 9.47 Å². The summed E-state index contributed by atoms with van der Waals surface area (Å²) in [4.78, 5) is 1.72. The van der Waals surface area contributed by atoms with E-state index in [1.54, 1.807) is 4.91 Å². The average molecular weight is 274 g/mol. The Labute approximate surface area is 84.6 Å². The van der Waals surface area contributed by atoms with Crippen molar-refractivity contribution >= 4 is 31.4 Å². The molecule has 0 spiro atoms. The number of hydrogen-bond donors (Lipinski definition) is 0. The molecule has 0 heterocycles. The van der Waals surface area contributed by atoms with E-state index < -0.39 is 11.4 Å². The Morgan fingerprint density at radius 2 is 1.67 bits per heavy atom. The summed E-state index contributed by atoms with van der Waals surface area (Å²) in [6, 6.07) is 0. The van der Waals surface area contributed by atoms with Crippen LogP contribution in [0, 0.1) is 0 Å². The van der Waals surface area contributed by atoms with E-state index in [9.17, 15) is 0 Å². The van der Waals surface area contributed by atoms with Gasteiger partial charge in [-0.25, -0.2) is 0 Å². The molecule has 0 aliphatic carbocycles. The van der Waals surface area contributed by atoms with Gasteiger partial charge in [0.05, 0.1) is 0 Å². The second kappa shape index (κ2) is 6.00. The number of halogens is 2. The molecule has 12 heavy (non-hydrogen) atoms. The van der Waals surface area contributed by atoms with Crippen LogP contribution in [0.5, 0.6) is 0 Å². The molecule has 0 bridgehead atoms. The van der Waals surface area contributed by atoms with Crippen molar-refractivity contribution in [3.05, 3.63) is 10.9 Å². The van der Waals surface area contributed by atoms with Gasteiger partial charge in [0, 0.05) is 0 Å². The molecule has 0 aliphatic heterocycles. The Morgan fingerprint density at radius 1 is 1.25 bits per heavy atom. The van der Waals surface area contributed by atoms with Crippen molar-refractivity contribution in [1.29, 1.82) is 0 Å². The van der Waals surface area contributed by atoms with E-state index in [1.807, 2.05) is 19.6 Å². The summed E-state index contributed by atoms with van der Waals surface area (Å²) in [7, 11) is 11.8. The SMILES string of the molecule is CCOC(=[CH][Ge]([CH3])([Cl])[Cl])OCC. The first-order valence-corrected chi connectivity index (χ1v) is 12.7. The van der Waals surface area contributed by atoms with Gasteiger partial charge < -0.3 is 0 Å². The van der Waals surface area contributed by atoms with Gasteiger partial charge in [-0.3, -0.25) is 0 Å². The molecule has 0 saturated heterocycles. The van der Waals surface area contributed by atoms with Crippen LogP contribution in [0.2, 0.25) is 5.76 Å². The van der Waals surface area contributed by atoms with Crippen LogP contribution in [0.3, 0.4) is 0 Å². The van der Waals surface area contributed by atoms with Crippen molar-refractivity contribution in [2.75, 3.05) is 13.2 Å². The first-order chi connectivity index (χ1) is 5.49. The summed E-state index contributed by atoms with van der Waals surface area (Å²) < 4.78 is 10.4. The number of ether oxygens (including phenoxy) is 2. The molecule has 0 aromatic heterocycles. The van der Waals surface area contributed by atoms with Crippen LogP contribution in [0.15, 0.2) is 10.9 Å². The molecule has 0 radical (unpaired) electrons. The molecule has 0 saturated carbocycles. The van der Waals surface area contributed by atoms with Gasteiger partial charge in [-0.1, -0.05) is 0 Å². The molecule has 0 rings (SSSR count). The Hall–Kier alpha value is 0.463. The van der Waals surface area contributed by atoms with E-state index in [0.717, 1.165) is 0 Å². The number of rotatable bonds is 5. The minimum absolute atomic E-state index is 0.465. The zero-order chi connectivity index (χ0) is 9.61. The van der Waals surface area contributed by atoms with Gasteiger partial charge in [-0.2, -0.15) is 0 Å². The van der Waals surface area contributed by atoms with Crippen LogP contribution in [0.4, 0.5) is 0 Å². The van der Waals surface area contributed by atoms with Crippen LogP contribution >= 0.6 is 20.0 Å². The van der Waals surface area contributed by atoms with E-state index in [-0.39, 0.29) is 0 Å². The van der Waals surface area contributed by atoms with Gasteiger partial charge in [-0.05, 0) is 0 Å². The van der Waals surface area contributed by atoms with E-state index in [4.69, 9.17) is 29.5 Å². The summed E-state index contributed by atoms with van der Waals surface area (Å²) in [5.74, 6) is 2.30. The summed E-state index contributed by atoms with van der Waals surface area (Å²) in [5.41, 5.74) is 0. The average Bonchev–Trinajstić information content (AvgIpc) is 1.84. The van der Waals surface area contributed by atoms with Crippen LogP contribution in [-0.2, 0) is 9.47 Å². The second-order valence-corrected chi connectivity index (χ2v) is 16.1. The Bertz CT molecular complexity index is 146. The Balaban J connectivity index is 4.17. The molecular formula is C7H14Cl2GeO2. The van der Waals surface area contributed by atoms with E-state index >= 15 is 0 Å². The fourth-order valence-corrected chi connectivity index (χ4v) is 2.76. The minimum atomic E-state index is -2.72. The second-order valence-electron chi connectivity index (χ2n) is 2.29. The summed E-state index contributed by atoms with van der Waals surface area (Å²) in [6.45, 7) is 4.91. The standard InChI is InChI=1S/C7H14Cl2GeO2/c1-4-11-7(12-5-2)6-10(3,8)9/h6H,4-5H2,1-3H3. The van der Waals surface area contributed by atoms with Crippen LogP contribution in [0.25, 0.3) is 0 Å². The Kier molecular flexibility index (Phi) is 6.23. The molecule has 2 nitrogen and oxygen atoms in total. The maximum atomic E-state index is 5.92. The summed E-state index contributed by atoms with van der Waals surface area (Å²) in [5, 5.41) is 0. The van der Waals surface area contributed by atoms with E-state index in [0.29, 0.717) is 19.2 Å².